The van der Waals surface area contributed by atoms with Gasteiger partial charge in [-0.2, -0.15) is 0 Å². The molecule has 3 nitrogen and oxygen atoms in total. The molecule has 0 unspecified atom stereocenters. The fraction of sp³-hybridized carbons (Fsp3) is 0.923. The van der Waals surface area contributed by atoms with Crippen LogP contribution in [0.4, 0.5) is 0 Å². The molecule has 0 aliphatic rings. The van der Waals surface area contributed by atoms with Gasteiger partial charge < -0.3 is 9.22 Å². The Morgan fingerprint density at radius 3 is 2.25 bits per heavy atom. The predicted molar refractivity (Wildman–Crippen MR) is 67.2 cm³/mol. The van der Waals surface area contributed by atoms with Crippen molar-refractivity contribution in [2.45, 2.75) is 45.4 Å². The predicted octanol–water partition coefficient (Wildman–Crippen LogP) is 2.60. The summed E-state index contributed by atoms with van der Waals surface area (Å²) in [4.78, 5) is 10.0. The van der Waals surface area contributed by atoms with Gasteiger partial charge in [-0.25, -0.2) is 0 Å². The zero-order valence-corrected chi connectivity index (χ0v) is 11.2. The number of hydrogen-bond donors (Lipinski definition) is 0. The Morgan fingerprint density at radius 2 is 1.62 bits per heavy atom. The number of rotatable bonds is 11. The van der Waals surface area contributed by atoms with E-state index < -0.39 is 0 Å². The van der Waals surface area contributed by atoms with Crippen LogP contribution in [0.5, 0.6) is 0 Å². The Labute approximate surface area is 100 Å². The molecule has 0 radical (unpaired) electrons. The first-order chi connectivity index (χ1) is 7.62. The molecule has 0 atom stereocenters. The fourth-order valence-electron chi connectivity index (χ4n) is 1.78. The second kappa shape index (κ2) is 9.64. The third-order valence-electron chi connectivity index (χ3n) is 3.00. The Bertz CT molecular complexity index is 169. The molecule has 0 aliphatic carbocycles. The van der Waals surface area contributed by atoms with E-state index in [1.807, 2.05) is 0 Å². The molecule has 3 heteroatoms. The molecular weight excluding hydrogens is 202 g/mol. The minimum absolute atomic E-state index is 0.532. The number of unbranched alkanes of at least 4 members (excludes halogenated alkanes) is 5. The van der Waals surface area contributed by atoms with Gasteiger partial charge in [0.05, 0.1) is 20.6 Å². The first kappa shape index (κ1) is 15.4. The average molecular weight is 230 g/mol. The largest absolute Gasteiger partial charge is 0.462 e. The van der Waals surface area contributed by atoms with Crippen LogP contribution in [-0.2, 0) is 9.53 Å². The lowest BCUT2D eigenvalue weighted by molar-refractivity contribution is -0.890. The number of likely N-dealkylation sites (N-methyl/N-ethyl adjacent to an activating group) is 1. The van der Waals surface area contributed by atoms with Crippen molar-refractivity contribution in [1.29, 1.82) is 0 Å². The van der Waals surface area contributed by atoms with Crippen molar-refractivity contribution in [3.8, 4) is 0 Å². The van der Waals surface area contributed by atoms with Crippen LogP contribution in [0.1, 0.15) is 45.4 Å². The lowest BCUT2D eigenvalue weighted by atomic mass is 10.1. The molecule has 0 aromatic heterocycles. The molecule has 96 valence electrons. The first-order valence-corrected chi connectivity index (χ1v) is 6.49. The molecule has 0 heterocycles. The van der Waals surface area contributed by atoms with E-state index in [1.165, 1.54) is 45.1 Å². The normalized spacial score (nSPS) is 11.4. The first-order valence-electron chi connectivity index (χ1n) is 6.49. The van der Waals surface area contributed by atoms with Crippen molar-refractivity contribution in [1.82, 2.24) is 0 Å². The summed E-state index contributed by atoms with van der Waals surface area (Å²) in [6.07, 6.45) is 8.01. The van der Waals surface area contributed by atoms with Gasteiger partial charge in [0, 0.05) is 0 Å². The minimum Gasteiger partial charge on any atom is -0.462 e. The quantitative estimate of drug-likeness (QED) is 0.310. The summed E-state index contributed by atoms with van der Waals surface area (Å²) in [6, 6.07) is 0. The smallest absolute Gasteiger partial charge is 0.293 e. The van der Waals surface area contributed by atoms with Gasteiger partial charge in [-0.1, -0.05) is 32.6 Å². The van der Waals surface area contributed by atoms with Gasteiger partial charge in [0.15, 0.2) is 0 Å². The van der Waals surface area contributed by atoms with Crippen molar-refractivity contribution in [3.05, 3.63) is 0 Å². The van der Waals surface area contributed by atoms with E-state index in [4.69, 9.17) is 4.74 Å². The summed E-state index contributed by atoms with van der Waals surface area (Å²) in [5, 5.41) is 0. The molecule has 0 spiro atoms. The highest BCUT2D eigenvalue weighted by molar-refractivity contribution is 5.36. The van der Waals surface area contributed by atoms with E-state index >= 15 is 0 Å². The van der Waals surface area contributed by atoms with Crippen molar-refractivity contribution < 1.29 is 14.0 Å². The number of hydrogen-bond acceptors (Lipinski definition) is 2. The molecule has 0 aromatic carbocycles. The number of ether oxygens (including phenoxy) is 1. The van der Waals surface area contributed by atoms with Crippen LogP contribution in [0, 0.1) is 0 Å². The number of nitrogens with zero attached hydrogens (tertiary/aromatic N) is 1. The molecule has 0 N–H and O–H groups in total. The zero-order valence-electron chi connectivity index (χ0n) is 11.2. The van der Waals surface area contributed by atoms with Gasteiger partial charge in [0.2, 0.25) is 0 Å². The van der Waals surface area contributed by atoms with Gasteiger partial charge in [0.25, 0.3) is 6.47 Å². The van der Waals surface area contributed by atoms with Gasteiger partial charge in [-0.05, 0) is 12.8 Å². The van der Waals surface area contributed by atoms with Crippen LogP contribution < -0.4 is 0 Å². The zero-order chi connectivity index (χ0) is 12.3. The minimum atomic E-state index is 0.532. The summed E-state index contributed by atoms with van der Waals surface area (Å²) < 4.78 is 5.68. The molecule has 0 saturated carbocycles. The van der Waals surface area contributed by atoms with Crippen LogP contribution in [0.3, 0.4) is 0 Å². The monoisotopic (exact) mass is 230 g/mol. The number of quaternary nitrogens is 1. The van der Waals surface area contributed by atoms with Crippen LogP contribution in [0.15, 0.2) is 0 Å². The Kier molecular flexibility index (Phi) is 9.30. The van der Waals surface area contributed by atoms with Crippen LogP contribution >= 0.6 is 0 Å². The van der Waals surface area contributed by atoms with E-state index in [-0.39, 0.29) is 0 Å². The lowest BCUT2D eigenvalue weighted by Gasteiger charge is -2.29. The van der Waals surface area contributed by atoms with E-state index in [1.54, 1.807) is 0 Å². The van der Waals surface area contributed by atoms with Crippen molar-refractivity contribution in [2.75, 3.05) is 33.8 Å². The van der Waals surface area contributed by atoms with E-state index in [2.05, 4.69) is 21.0 Å². The van der Waals surface area contributed by atoms with Crippen LogP contribution in [0.2, 0.25) is 0 Å². The molecule has 0 aliphatic heterocycles. The molecule has 16 heavy (non-hydrogen) atoms. The topological polar surface area (TPSA) is 26.3 Å². The van der Waals surface area contributed by atoms with Crippen molar-refractivity contribution in [2.24, 2.45) is 0 Å². The molecule has 0 amide bonds. The average Bonchev–Trinajstić information content (AvgIpc) is 2.23. The summed E-state index contributed by atoms with van der Waals surface area (Å²) in [5.41, 5.74) is 0. The van der Waals surface area contributed by atoms with E-state index in [9.17, 15) is 4.79 Å². The highest BCUT2D eigenvalue weighted by Crippen LogP contribution is 2.07. The maximum atomic E-state index is 10.0. The van der Waals surface area contributed by atoms with Gasteiger partial charge in [-0.15, -0.1) is 0 Å². The molecular formula is C13H28NO2+. The maximum Gasteiger partial charge on any atom is 0.293 e. The second-order valence-corrected chi connectivity index (χ2v) is 5.12. The van der Waals surface area contributed by atoms with Crippen LogP contribution in [-0.4, -0.2) is 44.7 Å². The van der Waals surface area contributed by atoms with Crippen molar-refractivity contribution in [3.63, 3.8) is 0 Å². The molecule has 0 aromatic rings. The Morgan fingerprint density at radius 1 is 1.00 bits per heavy atom. The van der Waals surface area contributed by atoms with Gasteiger partial charge >= 0.3 is 0 Å². The Hall–Kier alpha value is -0.570. The third-order valence-corrected chi connectivity index (χ3v) is 3.00. The number of carbonyl (C=O) groups is 1. The van der Waals surface area contributed by atoms with Gasteiger partial charge in [0.1, 0.15) is 13.2 Å². The molecule has 0 rings (SSSR count). The van der Waals surface area contributed by atoms with E-state index in [0.717, 1.165) is 11.0 Å². The fourth-order valence-corrected chi connectivity index (χ4v) is 1.78. The maximum absolute atomic E-state index is 10.0. The summed E-state index contributed by atoms with van der Waals surface area (Å²) in [6.45, 7) is 5.39. The molecule has 0 bridgehead atoms. The van der Waals surface area contributed by atoms with Gasteiger partial charge in [-0.3, -0.25) is 4.79 Å². The molecule has 0 saturated heterocycles. The SMILES string of the molecule is CCCCCCCC[N+](C)(C)CCOC=O. The number of carbonyl (C=O) groups excluding carboxylic acids is 1. The summed E-state index contributed by atoms with van der Waals surface area (Å²) in [5.74, 6) is 0. The standard InChI is InChI=1S/C13H28NO2/c1-4-5-6-7-8-9-10-14(2,3)11-12-16-13-15/h13H,4-12H2,1-3H3/q+1. The second-order valence-electron chi connectivity index (χ2n) is 5.12. The third kappa shape index (κ3) is 9.97. The highest BCUT2D eigenvalue weighted by atomic mass is 16.5. The highest BCUT2D eigenvalue weighted by Gasteiger charge is 2.13. The van der Waals surface area contributed by atoms with E-state index in [0.29, 0.717) is 13.1 Å². The summed E-state index contributed by atoms with van der Waals surface area (Å²) in [7, 11) is 4.39. The summed E-state index contributed by atoms with van der Waals surface area (Å²) >= 11 is 0. The van der Waals surface area contributed by atoms with Crippen LogP contribution in [0.25, 0.3) is 0 Å². The van der Waals surface area contributed by atoms with Crippen molar-refractivity contribution >= 4 is 6.47 Å². The molecule has 0 fully saturated rings. The Balaban J connectivity index is 3.38. The lowest BCUT2D eigenvalue weighted by Crippen LogP contribution is -2.43.